The third kappa shape index (κ3) is 2.18. The predicted octanol–water partition coefficient (Wildman–Crippen LogP) is 3.18. The first kappa shape index (κ1) is 13.0. The van der Waals surface area contributed by atoms with Crippen LogP contribution in [0.15, 0.2) is 18.2 Å². The van der Waals surface area contributed by atoms with Crippen molar-refractivity contribution in [3.8, 4) is 0 Å². The Morgan fingerprint density at radius 2 is 1.63 bits per heavy atom. The van der Waals surface area contributed by atoms with Crippen molar-refractivity contribution in [3.63, 3.8) is 0 Å². The van der Waals surface area contributed by atoms with E-state index < -0.39 is 10.8 Å². The summed E-state index contributed by atoms with van der Waals surface area (Å²) in [6, 6.07) is 6.02. The highest BCUT2D eigenvalue weighted by Gasteiger charge is 2.43. The van der Waals surface area contributed by atoms with Crippen LogP contribution in [0.4, 0.5) is 0 Å². The molecule has 2 unspecified atom stereocenters. The summed E-state index contributed by atoms with van der Waals surface area (Å²) in [4.78, 5) is 12.8. The number of carbonyl (C=O) groups is 1. The van der Waals surface area contributed by atoms with E-state index >= 15 is 0 Å². The number of hydrogen-bond acceptors (Lipinski definition) is 2. The molecule has 3 rings (SSSR count). The first-order valence-electron chi connectivity index (χ1n) is 7.07. The van der Waals surface area contributed by atoms with Gasteiger partial charge in [-0.1, -0.05) is 18.2 Å². The van der Waals surface area contributed by atoms with Crippen LogP contribution >= 0.6 is 0 Å². The summed E-state index contributed by atoms with van der Waals surface area (Å²) in [5, 5.41) is 0.550. The maximum atomic E-state index is 12.8. The SMILES string of the molecule is Cc1cccc(C)c1C(=O)C1CC2CCC(C1)S2=O. The summed E-state index contributed by atoms with van der Waals surface area (Å²) in [5.41, 5.74) is 3.05. The molecule has 2 fully saturated rings. The van der Waals surface area contributed by atoms with Crippen molar-refractivity contribution in [2.45, 2.75) is 50.0 Å². The molecule has 0 aromatic heterocycles. The van der Waals surface area contributed by atoms with Crippen molar-refractivity contribution < 1.29 is 9.00 Å². The van der Waals surface area contributed by atoms with Crippen LogP contribution in [0.25, 0.3) is 0 Å². The third-order valence-corrected chi connectivity index (χ3v) is 6.83. The topological polar surface area (TPSA) is 34.1 Å². The van der Waals surface area contributed by atoms with E-state index in [4.69, 9.17) is 0 Å². The van der Waals surface area contributed by atoms with Gasteiger partial charge in [-0.15, -0.1) is 0 Å². The molecule has 102 valence electrons. The van der Waals surface area contributed by atoms with Crippen LogP contribution in [0.3, 0.4) is 0 Å². The number of rotatable bonds is 2. The van der Waals surface area contributed by atoms with Gasteiger partial charge < -0.3 is 0 Å². The molecule has 2 aliphatic heterocycles. The van der Waals surface area contributed by atoms with Crippen LogP contribution in [0, 0.1) is 19.8 Å². The van der Waals surface area contributed by atoms with Crippen molar-refractivity contribution in [1.82, 2.24) is 0 Å². The Kier molecular flexibility index (Phi) is 3.34. The second-order valence-corrected chi connectivity index (χ2v) is 7.94. The summed E-state index contributed by atoms with van der Waals surface area (Å²) in [6.45, 7) is 4.02. The van der Waals surface area contributed by atoms with E-state index in [0.29, 0.717) is 0 Å². The van der Waals surface area contributed by atoms with E-state index in [2.05, 4.69) is 0 Å². The van der Waals surface area contributed by atoms with Crippen molar-refractivity contribution >= 4 is 16.6 Å². The fraction of sp³-hybridized carbons (Fsp3) is 0.562. The van der Waals surface area contributed by atoms with E-state index in [9.17, 15) is 9.00 Å². The zero-order valence-electron chi connectivity index (χ0n) is 11.5. The van der Waals surface area contributed by atoms with Gasteiger partial charge in [-0.2, -0.15) is 0 Å². The zero-order chi connectivity index (χ0) is 13.6. The molecule has 2 heterocycles. The average Bonchev–Trinajstić information content (AvgIpc) is 2.62. The third-order valence-electron chi connectivity index (χ3n) is 4.66. The highest BCUT2D eigenvalue weighted by atomic mass is 32.2. The molecule has 1 aromatic rings. The molecule has 0 spiro atoms. The fourth-order valence-corrected chi connectivity index (χ4v) is 5.78. The Morgan fingerprint density at radius 1 is 1.11 bits per heavy atom. The van der Waals surface area contributed by atoms with Gasteiger partial charge in [0.25, 0.3) is 0 Å². The van der Waals surface area contributed by atoms with E-state index in [1.165, 1.54) is 0 Å². The molecular formula is C16H20O2S. The number of benzene rings is 1. The molecule has 2 aliphatic rings. The Bertz CT molecular complexity index is 513. The van der Waals surface area contributed by atoms with Crippen LogP contribution in [0.1, 0.15) is 47.2 Å². The summed E-state index contributed by atoms with van der Waals surface area (Å²) in [5.74, 6) is 0.374. The van der Waals surface area contributed by atoms with Gasteiger partial charge in [0, 0.05) is 32.8 Å². The van der Waals surface area contributed by atoms with Gasteiger partial charge in [0.15, 0.2) is 5.78 Å². The molecule has 0 radical (unpaired) electrons. The molecule has 0 saturated carbocycles. The average molecular weight is 276 g/mol. The standard InChI is InChI=1S/C16H20O2S/c1-10-4-3-5-11(2)15(10)16(17)12-8-13-6-7-14(9-12)19(13)18/h3-5,12-14H,6-9H2,1-2H3. The largest absolute Gasteiger partial charge is 0.294 e. The van der Waals surface area contributed by atoms with Gasteiger partial charge in [-0.25, -0.2) is 0 Å². The lowest BCUT2D eigenvalue weighted by Gasteiger charge is -2.27. The minimum Gasteiger partial charge on any atom is -0.294 e. The summed E-state index contributed by atoms with van der Waals surface area (Å²) in [7, 11) is -0.675. The second-order valence-electron chi connectivity index (χ2n) is 5.95. The Balaban J connectivity index is 1.88. The molecule has 0 aliphatic carbocycles. The van der Waals surface area contributed by atoms with Crippen LogP contribution in [-0.4, -0.2) is 20.5 Å². The molecule has 2 saturated heterocycles. The van der Waals surface area contributed by atoms with E-state index in [-0.39, 0.29) is 22.2 Å². The fourth-order valence-electron chi connectivity index (χ4n) is 3.65. The number of ketones is 1. The molecule has 2 nitrogen and oxygen atoms in total. The number of hydrogen-bond donors (Lipinski definition) is 0. The number of Topliss-reactive ketones (excluding diaryl/α,β-unsaturated/α-hetero) is 1. The second kappa shape index (κ2) is 4.86. The first-order chi connectivity index (χ1) is 9.08. The molecule has 19 heavy (non-hydrogen) atoms. The maximum absolute atomic E-state index is 12.8. The summed E-state index contributed by atoms with van der Waals surface area (Å²) in [6.07, 6.45) is 3.76. The van der Waals surface area contributed by atoms with Gasteiger partial charge in [-0.05, 0) is 50.7 Å². The Labute approximate surface area is 117 Å². The molecule has 1 aromatic carbocycles. The molecule has 2 bridgehead atoms. The number of fused-ring (bicyclic) bond motifs is 2. The minimum absolute atomic E-state index is 0.0926. The number of aryl methyl sites for hydroxylation is 2. The van der Waals surface area contributed by atoms with Crippen molar-refractivity contribution in [3.05, 3.63) is 34.9 Å². The first-order valence-corrected chi connectivity index (χ1v) is 8.35. The molecule has 3 heteroatoms. The normalized spacial score (nSPS) is 33.4. The summed E-state index contributed by atoms with van der Waals surface area (Å²) >= 11 is 0. The van der Waals surface area contributed by atoms with Gasteiger partial charge in [0.05, 0.1) is 0 Å². The lowest BCUT2D eigenvalue weighted by molar-refractivity contribution is 0.0905. The highest BCUT2D eigenvalue weighted by molar-refractivity contribution is 7.86. The van der Waals surface area contributed by atoms with Crippen LogP contribution in [-0.2, 0) is 10.8 Å². The summed E-state index contributed by atoms with van der Waals surface area (Å²) < 4.78 is 12.0. The number of carbonyl (C=O) groups excluding carboxylic acids is 1. The van der Waals surface area contributed by atoms with Gasteiger partial charge >= 0.3 is 0 Å². The zero-order valence-corrected chi connectivity index (χ0v) is 12.3. The smallest absolute Gasteiger partial charge is 0.166 e. The Hall–Kier alpha value is -0.960. The lowest BCUT2D eigenvalue weighted by atomic mass is 9.86. The molecule has 0 N–H and O–H groups in total. The van der Waals surface area contributed by atoms with Crippen molar-refractivity contribution in [1.29, 1.82) is 0 Å². The predicted molar refractivity (Wildman–Crippen MR) is 77.9 cm³/mol. The van der Waals surface area contributed by atoms with Crippen LogP contribution < -0.4 is 0 Å². The molecule has 0 amide bonds. The van der Waals surface area contributed by atoms with Gasteiger partial charge in [0.2, 0.25) is 0 Å². The van der Waals surface area contributed by atoms with E-state index in [0.717, 1.165) is 42.4 Å². The van der Waals surface area contributed by atoms with Crippen molar-refractivity contribution in [2.75, 3.05) is 0 Å². The van der Waals surface area contributed by atoms with Crippen LogP contribution in [0.2, 0.25) is 0 Å². The minimum atomic E-state index is -0.675. The molecular weight excluding hydrogens is 256 g/mol. The maximum Gasteiger partial charge on any atom is 0.166 e. The van der Waals surface area contributed by atoms with Gasteiger partial charge in [0.1, 0.15) is 0 Å². The molecule has 2 atom stereocenters. The Morgan fingerprint density at radius 3 is 2.16 bits per heavy atom. The van der Waals surface area contributed by atoms with Crippen molar-refractivity contribution in [2.24, 2.45) is 5.92 Å². The monoisotopic (exact) mass is 276 g/mol. The van der Waals surface area contributed by atoms with Gasteiger partial charge in [-0.3, -0.25) is 9.00 Å². The van der Waals surface area contributed by atoms with E-state index in [1.807, 2.05) is 32.0 Å². The highest BCUT2D eigenvalue weighted by Crippen LogP contribution is 2.40. The van der Waals surface area contributed by atoms with E-state index in [1.54, 1.807) is 0 Å². The quantitative estimate of drug-likeness (QED) is 0.777. The van der Waals surface area contributed by atoms with Crippen LogP contribution in [0.5, 0.6) is 0 Å². The lowest BCUT2D eigenvalue weighted by Crippen LogP contribution is -2.32.